The molecule has 0 aliphatic carbocycles. The summed E-state index contributed by atoms with van der Waals surface area (Å²) < 4.78 is 13.9. The lowest BCUT2D eigenvalue weighted by atomic mass is 10.1. The van der Waals surface area contributed by atoms with Gasteiger partial charge in [0.1, 0.15) is 5.82 Å². The number of anilines is 2. The van der Waals surface area contributed by atoms with Crippen LogP contribution in [0.2, 0.25) is 0 Å². The van der Waals surface area contributed by atoms with Crippen molar-refractivity contribution in [1.29, 1.82) is 0 Å². The number of rotatable bonds is 0. The van der Waals surface area contributed by atoms with Crippen LogP contribution in [0, 0.1) is 5.82 Å². The first-order chi connectivity index (χ1) is 8.25. The molecule has 2 aliphatic heterocycles. The molecule has 0 radical (unpaired) electrons. The van der Waals surface area contributed by atoms with Gasteiger partial charge in [-0.3, -0.25) is 4.79 Å². The molecule has 17 heavy (non-hydrogen) atoms. The maximum absolute atomic E-state index is 13.9. The first kappa shape index (κ1) is 10.5. The molecule has 1 aromatic carbocycles. The predicted molar refractivity (Wildman–Crippen MR) is 63.7 cm³/mol. The fourth-order valence-electron chi connectivity index (χ4n) is 2.56. The van der Waals surface area contributed by atoms with E-state index in [2.05, 4.69) is 10.6 Å². The zero-order valence-electron chi connectivity index (χ0n) is 9.37. The fourth-order valence-corrected chi connectivity index (χ4v) is 2.56. The van der Waals surface area contributed by atoms with Gasteiger partial charge in [-0.25, -0.2) is 4.39 Å². The van der Waals surface area contributed by atoms with E-state index in [4.69, 9.17) is 0 Å². The van der Waals surface area contributed by atoms with Crippen LogP contribution in [0.25, 0.3) is 0 Å². The van der Waals surface area contributed by atoms with E-state index in [0.717, 1.165) is 19.6 Å². The van der Waals surface area contributed by atoms with E-state index in [9.17, 15) is 9.18 Å². The van der Waals surface area contributed by atoms with E-state index in [1.807, 2.05) is 4.90 Å². The van der Waals surface area contributed by atoms with Crippen LogP contribution in [0.15, 0.2) is 18.2 Å². The molecule has 0 saturated carbocycles. The minimum atomic E-state index is -0.267. The van der Waals surface area contributed by atoms with Crippen LogP contribution >= 0.6 is 0 Å². The van der Waals surface area contributed by atoms with Crippen LogP contribution in [-0.4, -0.2) is 31.6 Å². The van der Waals surface area contributed by atoms with E-state index in [1.165, 1.54) is 6.07 Å². The number of amides is 1. The van der Waals surface area contributed by atoms with E-state index in [0.29, 0.717) is 17.8 Å². The Morgan fingerprint density at radius 2 is 2.29 bits per heavy atom. The summed E-state index contributed by atoms with van der Waals surface area (Å²) in [4.78, 5) is 13.7. The summed E-state index contributed by atoms with van der Waals surface area (Å²) in [5.74, 6) is -0.315. The molecular formula is C12H14FN3O. The number of benzene rings is 1. The second kappa shape index (κ2) is 4.00. The maximum Gasteiger partial charge on any atom is 0.226 e. The summed E-state index contributed by atoms with van der Waals surface area (Å²) in [6.07, 6.45) is 0.404. The summed E-state index contributed by atoms with van der Waals surface area (Å²) in [5.41, 5.74) is 1.12. The third kappa shape index (κ3) is 1.76. The molecule has 4 nitrogen and oxygen atoms in total. The number of nitrogens with zero attached hydrogens (tertiary/aromatic N) is 1. The number of piperazine rings is 1. The minimum absolute atomic E-state index is 0.0434. The van der Waals surface area contributed by atoms with E-state index in [1.54, 1.807) is 12.1 Å². The largest absolute Gasteiger partial charge is 0.361 e. The fraction of sp³-hybridized carbons (Fsp3) is 0.417. The SMILES string of the molecule is O=C1C[C@H]2CNCCN2c2c(F)cccc2N1. The highest BCUT2D eigenvalue weighted by Gasteiger charge is 2.31. The number of hydrogen-bond donors (Lipinski definition) is 2. The van der Waals surface area contributed by atoms with E-state index < -0.39 is 0 Å². The highest BCUT2D eigenvalue weighted by atomic mass is 19.1. The highest BCUT2D eigenvalue weighted by Crippen LogP contribution is 2.34. The molecule has 1 amide bonds. The number of fused-ring (bicyclic) bond motifs is 3. The molecule has 5 heteroatoms. The van der Waals surface area contributed by atoms with Crippen molar-refractivity contribution < 1.29 is 9.18 Å². The molecule has 0 spiro atoms. The smallest absolute Gasteiger partial charge is 0.226 e. The van der Waals surface area contributed by atoms with Gasteiger partial charge in [-0.1, -0.05) is 6.07 Å². The molecule has 2 N–H and O–H groups in total. The van der Waals surface area contributed by atoms with Gasteiger partial charge in [0, 0.05) is 26.1 Å². The molecule has 90 valence electrons. The summed E-state index contributed by atoms with van der Waals surface area (Å²) in [5, 5.41) is 6.01. The average Bonchev–Trinajstić information content (AvgIpc) is 2.44. The van der Waals surface area contributed by atoms with Gasteiger partial charge >= 0.3 is 0 Å². The molecule has 2 aliphatic rings. The second-order valence-corrected chi connectivity index (χ2v) is 4.44. The Hall–Kier alpha value is -1.62. The Bertz CT molecular complexity index is 463. The van der Waals surface area contributed by atoms with Gasteiger partial charge in [-0.2, -0.15) is 0 Å². The van der Waals surface area contributed by atoms with Crippen LogP contribution in [0.5, 0.6) is 0 Å². The molecular weight excluding hydrogens is 221 g/mol. The van der Waals surface area contributed by atoms with Gasteiger partial charge in [-0.05, 0) is 12.1 Å². The van der Waals surface area contributed by atoms with Gasteiger partial charge in [0.2, 0.25) is 5.91 Å². The first-order valence-corrected chi connectivity index (χ1v) is 5.81. The molecule has 0 unspecified atom stereocenters. The predicted octanol–water partition coefficient (Wildman–Crippen LogP) is 0.946. The van der Waals surface area contributed by atoms with Gasteiger partial charge in [0.05, 0.1) is 17.4 Å². The monoisotopic (exact) mass is 235 g/mol. The third-order valence-corrected chi connectivity index (χ3v) is 3.32. The Kier molecular flexibility index (Phi) is 2.48. The van der Waals surface area contributed by atoms with Crippen molar-refractivity contribution in [3.8, 4) is 0 Å². The van der Waals surface area contributed by atoms with Crippen molar-refractivity contribution in [3.05, 3.63) is 24.0 Å². The van der Waals surface area contributed by atoms with Crippen LogP contribution in [0.1, 0.15) is 6.42 Å². The summed E-state index contributed by atoms with van der Waals surface area (Å²) in [6.45, 7) is 2.27. The van der Waals surface area contributed by atoms with Crippen LogP contribution in [0.4, 0.5) is 15.8 Å². The van der Waals surface area contributed by atoms with E-state index >= 15 is 0 Å². The molecule has 1 atom stereocenters. The number of nitrogens with one attached hydrogen (secondary N) is 2. The molecule has 1 fully saturated rings. The Morgan fingerprint density at radius 1 is 1.41 bits per heavy atom. The zero-order chi connectivity index (χ0) is 11.8. The number of carbonyl (C=O) groups excluding carboxylic acids is 1. The molecule has 0 bridgehead atoms. The Morgan fingerprint density at radius 3 is 3.18 bits per heavy atom. The zero-order valence-corrected chi connectivity index (χ0v) is 9.37. The normalized spacial score (nSPS) is 23.5. The van der Waals surface area contributed by atoms with Crippen LogP contribution in [0.3, 0.4) is 0 Å². The second-order valence-electron chi connectivity index (χ2n) is 4.44. The molecule has 1 aromatic rings. The standard InChI is InChI=1S/C12H14FN3O/c13-9-2-1-3-10-12(9)16-5-4-14-7-8(16)6-11(17)15-10/h1-3,8,14H,4-7H2,(H,15,17)/t8-/m0/s1. The molecule has 0 aromatic heterocycles. The molecule has 1 saturated heterocycles. The highest BCUT2D eigenvalue weighted by molar-refractivity contribution is 5.96. The quantitative estimate of drug-likeness (QED) is 0.703. The maximum atomic E-state index is 13.9. The Balaban J connectivity index is 2.10. The lowest BCUT2D eigenvalue weighted by Gasteiger charge is -2.36. The van der Waals surface area contributed by atoms with Gasteiger partial charge in [0.15, 0.2) is 0 Å². The van der Waals surface area contributed by atoms with E-state index in [-0.39, 0.29) is 17.8 Å². The molecule has 3 rings (SSSR count). The number of carbonyl (C=O) groups is 1. The summed E-state index contributed by atoms with van der Waals surface area (Å²) in [7, 11) is 0. The van der Waals surface area contributed by atoms with Gasteiger partial charge in [0.25, 0.3) is 0 Å². The lowest BCUT2D eigenvalue weighted by molar-refractivity contribution is -0.116. The van der Waals surface area contributed by atoms with Crippen LogP contribution < -0.4 is 15.5 Å². The van der Waals surface area contributed by atoms with Crippen molar-refractivity contribution in [3.63, 3.8) is 0 Å². The number of halogens is 1. The van der Waals surface area contributed by atoms with Crippen molar-refractivity contribution in [2.24, 2.45) is 0 Å². The lowest BCUT2D eigenvalue weighted by Crippen LogP contribution is -2.51. The average molecular weight is 235 g/mol. The van der Waals surface area contributed by atoms with Crippen molar-refractivity contribution in [2.45, 2.75) is 12.5 Å². The number of hydrogen-bond acceptors (Lipinski definition) is 3. The van der Waals surface area contributed by atoms with Crippen molar-refractivity contribution in [2.75, 3.05) is 29.9 Å². The van der Waals surface area contributed by atoms with Crippen molar-refractivity contribution in [1.82, 2.24) is 5.32 Å². The first-order valence-electron chi connectivity index (χ1n) is 5.81. The summed E-state index contributed by atoms with van der Waals surface area (Å²) in [6, 6.07) is 4.86. The topological polar surface area (TPSA) is 44.4 Å². The Labute approximate surface area is 98.8 Å². The minimum Gasteiger partial charge on any atom is -0.361 e. The van der Waals surface area contributed by atoms with Gasteiger partial charge in [-0.15, -0.1) is 0 Å². The van der Waals surface area contributed by atoms with Crippen LogP contribution in [-0.2, 0) is 4.79 Å². The molecule has 2 heterocycles. The number of para-hydroxylation sites is 1. The van der Waals surface area contributed by atoms with Crippen molar-refractivity contribution >= 4 is 17.3 Å². The summed E-state index contributed by atoms with van der Waals surface area (Å²) >= 11 is 0. The third-order valence-electron chi connectivity index (χ3n) is 3.32. The van der Waals surface area contributed by atoms with Gasteiger partial charge < -0.3 is 15.5 Å².